The first-order chi connectivity index (χ1) is 30.0. The van der Waals surface area contributed by atoms with Gasteiger partial charge in [0.05, 0.1) is 25.4 Å². The van der Waals surface area contributed by atoms with Crippen molar-refractivity contribution in [2.24, 2.45) is 0 Å². The first kappa shape index (κ1) is 59.3. The van der Waals surface area contributed by atoms with Crippen LogP contribution in [-0.4, -0.2) is 47.4 Å². The summed E-state index contributed by atoms with van der Waals surface area (Å²) < 4.78 is 5.45. The Kier molecular flexibility index (Phi) is 49.6. The van der Waals surface area contributed by atoms with Gasteiger partial charge in [0.25, 0.3) is 0 Å². The topological polar surface area (TPSA) is 95.9 Å². The molecule has 0 aliphatic carbocycles. The molecule has 0 heterocycles. The third-order valence-corrected chi connectivity index (χ3v) is 12.5. The van der Waals surface area contributed by atoms with Gasteiger partial charge in [0, 0.05) is 12.8 Å². The van der Waals surface area contributed by atoms with E-state index in [2.05, 4.69) is 31.3 Å². The standard InChI is InChI=1S/C55H105NO5/c1-3-5-7-9-11-13-15-16-17-18-21-24-28-31-35-39-43-47-53(58)52(51-57)56-54(59)48-44-40-36-32-29-25-22-19-20-23-26-30-34-38-42-46-50-61-55(60)49-45-41-37-33-27-14-12-10-8-6-4-2/h19,22,43,47,52-53,57-58H,3-18,20-21,23-42,44-46,48-51H2,1-2H3,(H,56,59)/b22-19-,47-43+. The van der Waals surface area contributed by atoms with Gasteiger partial charge in [-0.1, -0.05) is 244 Å². The summed E-state index contributed by atoms with van der Waals surface area (Å²) in [5, 5.41) is 23.1. The minimum absolute atomic E-state index is 0.00424. The average molecular weight is 860 g/mol. The smallest absolute Gasteiger partial charge is 0.305 e. The molecule has 1 amide bonds. The normalized spacial score (nSPS) is 12.8. The molecule has 6 heteroatoms. The summed E-state index contributed by atoms with van der Waals surface area (Å²) in [6.45, 7) is 4.88. The van der Waals surface area contributed by atoms with Crippen molar-refractivity contribution in [1.82, 2.24) is 5.32 Å². The van der Waals surface area contributed by atoms with Crippen molar-refractivity contribution in [3.05, 3.63) is 24.3 Å². The first-order valence-corrected chi connectivity index (χ1v) is 27.1. The molecule has 3 N–H and O–H groups in total. The lowest BCUT2D eigenvalue weighted by molar-refractivity contribution is -0.143. The van der Waals surface area contributed by atoms with E-state index in [0.29, 0.717) is 19.4 Å². The van der Waals surface area contributed by atoms with Crippen molar-refractivity contribution in [2.45, 2.75) is 302 Å². The number of allylic oxidation sites excluding steroid dienone is 3. The number of hydrogen-bond acceptors (Lipinski definition) is 5. The molecule has 0 saturated heterocycles. The molecule has 0 rings (SSSR count). The molecule has 6 nitrogen and oxygen atoms in total. The summed E-state index contributed by atoms with van der Waals surface area (Å²) in [6, 6.07) is -0.639. The van der Waals surface area contributed by atoms with E-state index in [1.54, 1.807) is 6.08 Å². The molecule has 0 aromatic rings. The number of carbonyl (C=O) groups is 2. The van der Waals surface area contributed by atoms with Crippen molar-refractivity contribution in [3.63, 3.8) is 0 Å². The molecule has 0 aromatic carbocycles. The Morgan fingerprint density at radius 1 is 0.443 bits per heavy atom. The van der Waals surface area contributed by atoms with E-state index in [1.165, 1.54) is 199 Å². The van der Waals surface area contributed by atoms with Crippen LogP contribution >= 0.6 is 0 Å². The van der Waals surface area contributed by atoms with E-state index in [0.717, 1.165) is 64.2 Å². The molecule has 0 bridgehead atoms. The van der Waals surface area contributed by atoms with Gasteiger partial charge in [0.1, 0.15) is 0 Å². The Bertz CT molecular complexity index is 951. The number of unbranched alkanes of at least 4 members (excludes halogenated alkanes) is 37. The first-order valence-electron chi connectivity index (χ1n) is 27.1. The van der Waals surface area contributed by atoms with Crippen molar-refractivity contribution in [2.75, 3.05) is 13.2 Å². The summed E-state index contributed by atoms with van der Waals surface area (Å²) in [6.07, 6.45) is 60.4. The zero-order valence-electron chi connectivity index (χ0n) is 40.9. The number of carbonyl (C=O) groups excluding carboxylic acids is 2. The molecular weight excluding hydrogens is 755 g/mol. The van der Waals surface area contributed by atoms with Crippen LogP contribution < -0.4 is 5.32 Å². The number of ether oxygens (including phenoxy) is 1. The van der Waals surface area contributed by atoms with Crippen molar-refractivity contribution >= 4 is 11.9 Å². The summed E-state index contributed by atoms with van der Waals surface area (Å²) >= 11 is 0. The lowest BCUT2D eigenvalue weighted by atomic mass is 10.0. The van der Waals surface area contributed by atoms with Gasteiger partial charge in [-0.25, -0.2) is 0 Å². The van der Waals surface area contributed by atoms with Crippen molar-refractivity contribution in [3.8, 4) is 0 Å². The summed E-state index contributed by atoms with van der Waals surface area (Å²) in [5.41, 5.74) is 0. The third kappa shape index (κ3) is 47.7. The van der Waals surface area contributed by atoms with Crippen LogP contribution in [0.25, 0.3) is 0 Å². The minimum atomic E-state index is -0.854. The maximum Gasteiger partial charge on any atom is 0.305 e. The van der Waals surface area contributed by atoms with Crippen LogP contribution in [0, 0.1) is 0 Å². The summed E-state index contributed by atoms with van der Waals surface area (Å²) in [4.78, 5) is 24.4. The Morgan fingerprint density at radius 2 is 0.770 bits per heavy atom. The molecule has 2 unspecified atom stereocenters. The minimum Gasteiger partial charge on any atom is -0.466 e. The van der Waals surface area contributed by atoms with Gasteiger partial charge in [0.15, 0.2) is 0 Å². The van der Waals surface area contributed by atoms with Gasteiger partial charge >= 0.3 is 5.97 Å². The molecule has 0 radical (unpaired) electrons. The number of aliphatic hydroxyl groups is 2. The molecular formula is C55H105NO5. The van der Waals surface area contributed by atoms with Crippen LogP contribution in [0.4, 0.5) is 0 Å². The van der Waals surface area contributed by atoms with Crippen LogP contribution in [0.2, 0.25) is 0 Å². The Labute approximate surface area is 380 Å². The molecule has 0 aromatic heterocycles. The number of aliphatic hydroxyl groups excluding tert-OH is 2. The lowest BCUT2D eigenvalue weighted by Crippen LogP contribution is -2.45. The maximum absolute atomic E-state index is 12.4. The average Bonchev–Trinajstić information content (AvgIpc) is 3.26. The summed E-state index contributed by atoms with van der Waals surface area (Å²) in [7, 11) is 0. The molecule has 61 heavy (non-hydrogen) atoms. The highest BCUT2D eigenvalue weighted by molar-refractivity contribution is 5.76. The Hall–Kier alpha value is -1.66. The lowest BCUT2D eigenvalue weighted by Gasteiger charge is -2.20. The zero-order valence-corrected chi connectivity index (χ0v) is 40.9. The molecule has 0 aliphatic rings. The van der Waals surface area contributed by atoms with E-state index in [1.807, 2.05) is 6.08 Å². The second-order valence-corrected chi connectivity index (χ2v) is 18.6. The molecule has 360 valence electrons. The van der Waals surface area contributed by atoms with Crippen LogP contribution in [0.3, 0.4) is 0 Å². The Morgan fingerprint density at radius 3 is 1.16 bits per heavy atom. The zero-order chi connectivity index (χ0) is 44.4. The fourth-order valence-corrected chi connectivity index (χ4v) is 8.27. The highest BCUT2D eigenvalue weighted by Crippen LogP contribution is 2.16. The van der Waals surface area contributed by atoms with Crippen LogP contribution in [0.5, 0.6) is 0 Å². The van der Waals surface area contributed by atoms with Crippen LogP contribution in [0.1, 0.15) is 290 Å². The highest BCUT2D eigenvalue weighted by atomic mass is 16.5. The fourth-order valence-electron chi connectivity index (χ4n) is 8.27. The number of hydrogen-bond donors (Lipinski definition) is 3. The SMILES string of the molecule is CCCCCCCCCCCCCCCCC/C=C/C(O)C(CO)NC(=O)CCCCCCC/C=C\CCCCCCCCCOC(=O)CCCCCCCCCCCCC. The number of nitrogens with one attached hydrogen (secondary N) is 1. The fraction of sp³-hybridized carbons (Fsp3) is 0.891. The van der Waals surface area contributed by atoms with Gasteiger partial charge < -0.3 is 20.3 Å². The van der Waals surface area contributed by atoms with E-state index in [9.17, 15) is 19.8 Å². The summed E-state index contributed by atoms with van der Waals surface area (Å²) in [5.74, 6) is -0.0880. The quantitative estimate of drug-likeness (QED) is 0.0322. The van der Waals surface area contributed by atoms with E-state index < -0.39 is 12.1 Å². The van der Waals surface area contributed by atoms with Crippen molar-refractivity contribution in [1.29, 1.82) is 0 Å². The predicted molar refractivity (Wildman–Crippen MR) is 264 cm³/mol. The second kappa shape index (κ2) is 51.0. The highest BCUT2D eigenvalue weighted by Gasteiger charge is 2.18. The van der Waals surface area contributed by atoms with Crippen LogP contribution in [-0.2, 0) is 14.3 Å². The monoisotopic (exact) mass is 860 g/mol. The molecule has 0 spiro atoms. The number of esters is 1. The molecule has 0 aliphatic heterocycles. The van der Waals surface area contributed by atoms with Gasteiger partial charge in [-0.3, -0.25) is 9.59 Å². The van der Waals surface area contributed by atoms with Gasteiger partial charge in [-0.15, -0.1) is 0 Å². The van der Waals surface area contributed by atoms with Crippen molar-refractivity contribution < 1.29 is 24.5 Å². The van der Waals surface area contributed by atoms with E-state index >= 15 is 0 Å². The molecule has 0 fully saturated rings. The van der Waals surface area contributed by atoms with E-state index in [4.69, 9.17) is 4.74 Å². The van der Waals surface area contributed by atoms with Crippen LogP contribution in [0.15, 0.2) is 24.3 Å². The van der Waals surface area contributed by atoms with E-state index in [-0.39, 0.29) is 18.5 Å². The van der Waals surface area contributed by atoms with Gasteiger partial charge in [0.2, 0.25) is 5.91 Å². The predicted octanol–water partition coefficient (Wildman–Crippen LogP) is 16.3. The second-order valence-electron chi connectivity index (χ2n) is 18.6. The van der Waals surface area contributed by atoms with Gasteiger partial charge in [-0.2, -0.15) is 0 Å². The molecule has 2 atom stereocenters. The Balaban J connectivity index is 3.51. The largest absolute Gasteiger partial charge is 0.466 e. The third-order valence-electron chi connectivity index (χ3n) is 12.5. The number of amides is 1. The molecule has 0 saturated carbocycles. The van der Waals surface area contributed by atoms with Gasteiger partial charge in [-0.05, 0) is 57.8 Å². The maximum atomic E-state index is 12.4. The number of rotatable bonds is 50.